The Bertz CT molecular complexity index is 369. The highest BCUT2D eigenvalue weighted by atomic mass is 16.2. The normalized spacial score (nSPS) is 18.9. The Labute approximate surface area is 109 Å². The third-order valence-corrected chi connectivity index (χ3v) is 3.61. The molecule has 0 aromatic heterocycles. The number of nitrogens with zero attached hydrogens (tertiary/aromatic N) is 1. The first-order valence-corrected chi connectivity index (χ1v) is 6.87. The Morgan fingerprint density at radius 3 is 2.33 bits per heavy atom. The average molecular weight is 246 g/mol. The van der Waals surface area contributed by atoms with E-state index < -0.39 is 0 Å². The summed E-state index contributed by atoms with van der Waals surface area (Å²) in [5.41, 5.74) is 0.879. The van der Waals surface area contributed by atoms with E-state index in [1.165, 1.54) is 25.7 Å². The summed E-state index contributed by atoms with van der Waals surface area (Å²) in [5.74, 6) is 0.100. The standard InChI is InChI=1S/C15H22N2O/c1-13(17-11-7-2-3-8-12-17)15(18)16-14-9-5-4-6-10-14/h4-6,9-10,13H,2-3,7-8,11-12H2,1H3,(H,16,18)/t13-/m1/s1. The summed E-state index contributed by atoms with van der Waals surface area (Å²) >= 11 is 0. The number of anilines is 1. The molecule has 0 saturated carbocycles. The highest BCUT2D eigenvalue weighted by Gasteiger charge is 2.21. The molecule has 1 aliphatic rings. The molecule has 1 N–H and O–H groups in total. The van der Waals surface area contributed by atoms with Gasteiger partial charge < -0.3 is 5.32 Å². The van der Waals surface area contributed by atoms with E-state index in [0.29, 0.717) is 0 Å². The van der Waals surface area contributed by atoms with Crippen LogP contribution in [0.3, 0.4) is 0 Å². The van der Waals surface area contributed by atoms with Crippen LogP contribution in [0.4, 0.5) is 5.69 Å². The molecule has 0 unspecified atom stereocenters. The van der Waals surface area contributed by atoms with Gasteiger partial charge in [0.15, 0.2) is 0 Å². The fourth-order valence-corrected chi connectivity index (χ4v) is 2.42. The number of carbonyl (C=O) groups is 1. The molecule has 0 bridgehead atoms. The molecule has 1 heterocycles. The van der Waals surface area contributed by atoms with E-state index in [9.17, 15) is 4.79 Å². The highest BCUT2D eigenvalue weighted by molar-refractivity contribution is 5.94. The van der Waals surface area contributed by atoms with Gasteiger partial charge in [-0.3, -0.25) is 9.69 Å². The number of para-hydroxylation sites is 1. The van der Waals surface area contributed by atoms with Gasteiger partial charge in [-0.1, -0.05) is 31.0 Å². The minimum atomic E-state index is -0.0386. The molecular formula is C15H22N2O. The zero-order valence-corrected chi connectivity index (χ0v) is 11.1. The van der Waals surface area contributed by atoms with Gasteiger partial charge in [0.1, 0.15) is 0 Å². The van der Waals surface area contributed by atoms with Crippen molar-refractivity contribution in [1.82, 2.24) is 4.90 Å². The van der Waals surface area contributed by atoms with E-state index in [1.807, 2.05) is 37.3 Å². The summed E-state index contributed by atoms with van der Waals surface area (Å²) in [4.78, 5) is 14.5. The quantitative estimate of drug-likeness (QED) is 0.889. The van der Waals surface area contributed by atoms with Gasteiger partial charge in [-0.2, -0.15) is 0 Å². The minimum absolute atomic E-state index is 0.0386. The van der Waals surface area contributed by atoms with E-state index in [0.717, 1.165) is 18.8 Å². The van der Waals surface area contributed by atoms with Gasteiger partial charge in [0.25, 0.3) is 0 Å². The van der Waals surface area contributed by atoms with Crippen LogP contribution in [0.15, 0.2) is 30.3 Å². The predicted octanol–water partition coefficient (Wildman–Crippen LogP) is 2.89. The topological polar surface area (TPSA) is 32.3 Å². The molecule has 1 aromatic carbocycles. The molecule has 1 aliphatic heterocycles. The van der Waals surface area contributed by atoms with Gasteiger partial charge in [0.05, 0.1) is 6.04 Å². The summed E-state index contributed by atoms with van der Waals surface area (Å²) < 4.78 is 0. The van der Waals surface area contributed by atoms with Crippen LogP contribution in [0.2, 0.25) is 0 Å². The summed E-state index contributed by atoms with van der Waals surface area (Å²) in [5, 5.41) is 2.98. The van der Waals surface area contributed by atoms with Crippen LogP contribution in [0.25, 0.3) is 0 Å². The number of rotatable bonds is 3. The largest absolute Gasteiger partial charge is 0.325 e. The SMILES string of the molecule is C[C@H](C(=O)Nc1ccccc1)N1CCCCCC1. The third-order valence-electron chi connectivity index (χ3n) is 3.61. The van der Waals surface area contributed by atoms with Crippen LogP contribution in [0, 0.1) is 0 Å². The number of carbonyl (C=O) groups excluding carboxylic acids is 1. The van der Waals surface area contributed by atoms with Crippen molar-refractivity contribution < 1.29 is 4.79 Å². The van der Waals surface area contributed by atoms with E-state index in [2.05, 4.69) is 10.2 Å². The molecule has 1 fully saturated rings. The number of nitrogens with one attached hydrogen (secondary N) is 1. The number of hydrogen-bond donors (Lipinski definition) is 1. The van der Waals surface area contributed by atoms with Gasteiger partial charge in [-0.25, -0.2) is 0 Å². The monoisotopic (exact) mass is 246 g/mol. The molecule has 3 nitrogen and oxygen atoms in total. The molecule has 1 saturated heterocycles. The highest BCUT2D eigenvalue weighted by Crippen LogP contribution is 2.14. The van der Waals surface area contributed by atoms with Gasteiger partial charge in [-0.05, 0) is 45.0 Å². The lowest BCUT2D eigenvalue weighted by Crippen LogP contribution is -2.42. The summed E-state index contributed by atoms with van der Waals surface area (Å²) in [7, 11) is 0. The van der Waals surface area contributed by atoms with Gasteiger partial charge in [0.2, 0.25) is 5.91 Å². The molecule has 3 heteroatoms. The van der Waals surface area contributed by atoms with Crippen LogP contribution in [-0.2, 0) is 4.79 Å². The predicted molar refractivity (Wildman–Crippen MR) is 74.6 cm³/mol. The summed E-state index contributed by atoms with van der Waals surface area (Å²) in [6.07, 6.45) is 5.01. The zero-order chi connectivity index (χ0) is 12.8. The zero-order valence-electron chi connectivity index (χ0n) is 11.1. The fourth-order valence-electron chi connectivity index (χ4n) is 2.42. The first kappa shape index (κ1) is 13.1. The van der Waals surface area contributed by atoms with Crippen LogP contribution in [-0.4, -0.2) is 29.9 Å². The van der Waals surface area contributed by atoms with E-state index >= 15 is 0 Å². The summed E-state index contributed by atoms with van der Waals surface area (Å²) in [6, 6.07) is 9.63. The lowest BCUT2D eigenvalue weighted by Gasteiger charge is -2.26. The molecule has 0 aliphatic carbocycles. The maximum Gasteiger partial charge on any atom is 0.241 e. The molecule has 18 heavy (non-hydrogen) atoms. The molecular weight excluding hydrogens is 224 g/mol. The summed E-state index contributed by atoms with van der Waals surface area (Å²) in [6.45, 7) is 4.09. The second kappa shape index (κ2) is 6.55. The van der Waals surface area contributed by atoms with Crippen molar-refractivity contribution in [3.8, 4) is 0 Å². The maximum absolute atomic E-state index is 12.2. The van der Waals surface area contributed by atoms with Crippen LogP contribution in [0.5, 0.6) is 0 Å². The molecule has 0 spiro atoms. The Hall–Kier alpha value is -1.35. The number of hydrogen-bond acceptors (Lipinski definition) is 2. The number of likely N-dealkylation sites (tertiary alicyclic amines) is 1. The van der Waals surface area contributed by atoms with Gasteiger partial charge in [-0.15, -0.1) is 0 Å². The van der Waals surface area contributed by atoms with E-state index in [-0.39, 0.29) is 11.9 Å². The first-order chi connectivity index (χ1) is 8.77. The maximum atomic E-state index is 12.2. The second-order valence-corrected chi connectivity index (χ2v) is 4.98. The van der Waals surface area contributed by atoms with Crippen LogP contribution in [0.1, 0.15) is 32.6 Å². The van der Waals surface area contributed by atoms with Crippen molar-refractivity contribution in [2.24, 2.45) is 0 Å². The van der Waals surface area contributed by atoms with Crippen molar-refractivity contribution in [3.63, 3.8) is 0 Å². The van der Waals surface area contributed by atoms with Crippen molar-refractivity contribution in [3.05, 3.63) is 30.3 Å². The van der Waals surface area contributed by atoms with Gasteiger partial charge >= 0.3 is 0 Å². The molecule has 0 radical (unpaired) electrons. The molecule has 2 rings (SSSR count). The molecule has 1 amide bonds. The Kier molecular flexibility index (Phi) is 4.76. The Morgan fingerprint density at radius 2 is 1.72 bits per heavy atom. The third kappa shape index (κ3) is 3.57. The second-order valence-electron chi connectivity index (χ2n) is 4.98. The van der Waals surface area contributed by atoms with Crippen LogP contribution >= 0.6 is 0 Å². The van der Waals surface area contributed by atoms with Crippen molar-refractivity contribution in [2.75, 3.05) is 18.4 Å². The van der Waals surface area contributed by atoms with Crippen molar-refractivity contribution in [1.29, 1.82) is 0 Å². The molecule has 1 aromatic rings. The fraction of sp³-hybridized carbons (Fsp3) is 0.533. The number of benzene rings is 1. The van der Waals surface area contributed by atoms with Crippen molar-refractivity contribution >= 4 is 11.6 Å². The van der Waals surface area contributed by atoms with E-state index in [4.69, 9.17) is 0 Å². The van der Waals surface area contributed by atoms with Gasteiger partial charge in [0, 0.05) is 5.69 Å². The Morgan fingerprint density at radius 1 is 1.11 bits per heavy atom. The average Bonchev–Trinajstić information content (AvgIpc) is 2.68. The first-order valence-electron chi connectivity index (χ1n) is 6.87. The number of amides is 1. The van der Waals surface area contributed by atoms with E-state index in [1.54, 1.807) is 0 Å². The smallest absolute Gasteiger partial charge is 0.241 e. The minimum Gasteiger partial charge on any atom is -0.325 e. The molecule has 1 atom stereocenters. The lowest BCUT2D eigenvalue weighted by atomic mass is 10.2. The molecule has 98 valence electrons. The Balaban J connectivity index is 1.91. The van der Waals surface area contributed by atoms with Crippen molar-refractivity contribution in [2.45, 2.75) is 38.6 Å². The van der Waals surface area contributed by atoms with Crippen LogP contribution < -0.4 is 5.32 Å². The lowest BCUT2D eigenvalue weighted by molar-refractivity contribution is -0.120.